The minimum Gasteiger partial charge on any atom is -0.469 e. The molecule has 9 nitrogen and oxygen atoms in total. The van der Waals surface area contributed by atoms with Gasteiger partial charge in [-0.15, -0.1) is 0 Å². The molecule has 2 unspecified atom stereocenters. The standard InChI is InChI=1S/C29H46N2O7/c1-16-10-13-31(6)15-19(16)24(34)30-26(36)38-21-14-27(4,25(35)37-7)23(33)18(3)29-11-8-17(2)28(21,5)22(29)20(32)9-12-29/h16-19,21-23,33H,8-15H2,1-7H3,(H,30,34,36)/t16-,17+,18-,19-,21+,22?,23-,27+,28-,29?/m0/s1. The number of methoxy groups -OCH3 is 1. The Labute approximate surface area is 226 Å². The first-order chi connectivity index (χ1) is 17.7. The Morgan fingerprint density at radius 2 is 1.79 bits per heavy atom. The van der Waals surface area contributed by atoms with Crippen molar-refractivity contribution in [3.05, 3.63) is 0 Å². The van der Waals surface area contributed by atoms with Gasteiger partial charge in [-0.25, -0.2) is 4.79 Å². The van der Waals surface area contributed by atoms with Crippen LogP contribution in [0, 0.1) is 45.8 Å². The summed E-state index contributed by atoms with van der Waals surface area (Å²) in [6, 6.07) is 0. The number of rotatable bonds is 3. The normalized spacial score (nSPS) is 45.4. The molecule has 0 spiro atoms. The van der Waals surface area contributed by atoms with E-state index in [9.17, 15) is 24.3 Å². The van der Waals surface area contributed by atoms with Crippen LogP contribution in [0.3, 0.4) is 0 Å². The summed E-state index contributed by atoms with van der Waals surface area (Å²) in [5.41, 5.74) is -2.62. The maximum atomic E-state index is 13.5. The molecule has 1 aliphatic heterocycles. The number of carbonyl (C=O) groups excluding carboxylic acids is 4. The molecule has 1 heterocycles. The molecule has 9 heteroatoms. The van der Waals surface area contributed by atoms with E-state index in [1.165, 1.54) is 7.11 Å². The zero-order valence-electron chi connectivity index (χ0n) is 24.0. The number of piperidine rings is 1. The van der Waals surface area contributed by atoms with Crippen LogP contribution in [0.15, 0.2) is 0 Å². The number of aliphatic hydroxyl groups excluding tert-OH is 1. The molecule has 0 aromatic carbocycles. The van der Waals surface area contributed by atoms with Crippen LogP contribution < -0.4 is 5.32 Å². The summed E-state index contributed by atoms with van der Waals surface area (Å²) in [6.07, 6.45) is 0.648. The van der Waals surface area contributed by atoms with Gasteiger partial charge < -0.3 is 19.5 Å². The molecule has 0 aromatic rings. The molecule has 0 radical (unpaired) electrons. The number of nitrogens with one attached hydrogen (secondary N) is 1. The molecule has 3 aliphatic carbocycles. The van der Waals surface area contributed by atoms with E-state index < -0.39 is 46.4 Å². The number of nitrogens with zero attached hydrogens (tertiary/aromatic N) is 1. The summed E-state index contributed by atoms with van der Waals surface area (Å²) < 4.78 is 11.2. The topological polar surface area (TPSA) is 122 Å². The van der Waals surface area contributed by atoms with Crippen LogP contribution in [-0.4, -0.2) is 73.2 Å². The third kappa shape index (κ3) is 4.37. The third-order valence-corrected chi connectivity index (χ3v) is 11.4. The maximum Gasteiger partial charge on any atom is 0.414 e. The van der Waals surface area contributed by atoms with Gasteiger partial charge in [0.15, 0.2) is 0 Å². The quantitative estimate of drug-likeness (QED) is 0.530. The second-order valence-electron chi connectivity index (χ2n) is 13.3. The smallest absolute Gasteiger partial charge is 0.414 e. The van der Waals surface area contributed by atoms with E-state index in [4.69, 9.17) is 9.47 Å². The highest BCUT2D eigenvalue weighted by molar-refractivity contribution is 5.93. The lowest BCUT2D eigenvalue weighted by molar-refractivity contribution is -0.207. The second-order valence-corrected chi connectivity index (χ2v) is 13.3. The van der Waals surface area contributed by atoms with Gasteiger partial charge in [-0.3, -0.25) is 19.7 Å². The zero-order chi connectivity index (χ0) is 28.2. The summed E-state index contributed by atoms with van der Waals surface area (Å²) in [5, 5.41) is 14.1. The van der Waals surface area contributed by atoms with Crippen LogP contribution in [0.5, 0.6) is 0 Å². The molecule has 2 amide bonds. The van der Waals surface area contributed by atoms with Crippen molar-refractivity contribution < 1.29 is 33.8 Å². The van der Waals surface area contributed by atoms with Gasteiger partial charge in [-0.2, -0.15) is 0 Å². The minimum atomic E-state index is -1.36. The van der Waals surface area contributed by atoms with E-state index >= 15 is 0 Å². The molecule has 1 saturated heterocycles. The Hall–Kier alpha value is -2.00. The van der Waals surface area contributed by atoms with E-state index in [2.05, 4.69) is 17.1 Å². The molecule has 2 bridgehead atoms. The van der Waals surface area contributed by atoms with Gasteiger partial charge in [0.1, 0.15) is 11.9 Å². The molecular formula is C29H46N2O7. The fraction of sp³-hybridized carbons (Fsp3) is 0.862. The Morgan fingerprint density at radius 1 is 1.11 bits per heavy atom. The van der Waals surface area contributed by atoms with E-state index in [0.29, 0.717) is 19.4 Å². The fourth-order valence-corrected chi connectivity index (χ4v) is 8.63. The van der Waals surface area contributed by atoms with Gasteiger partial charge in [-0.05, 0) is 69.4 Å². The molecule has 3 saturated carbocycles. The van der Waals surface area contributed by atoms with Crippen molar-refractivity contribution in [1.29, 1.82) is 0 Å². The van der Waals surface area contributed by atoms with Gasteiger partial charge in [0, 0.05) is 30.7 Å². The third-order valence-electron chi connectivity index (χ3n) is 11.4. The second kappa shape index (κ2) is 10.2. The van der Waals surface area contributed by atoms with Gasteiger partial charge in [0.2, 0.25) is 5.91 Å². The molecular weight excluding hydrogens is 488 g/mol. The lowest BCUT2D eigenvalue weighted by Crippen LogP contribution is -2.64. The van der Waals surface area contributed by atoms with Crippen molar-refractivity contribution >= 4 is 23.8 Å². The molecule has 4 aliphatic rings. The number of ketones is 1. The highest BCUT2D eigenvalue weighted by Crippen LogP contribution is 2.68. The highest BCUT2D eigenvalue weighted by Gasteiger charge is 2.69. The molecule has 4 rings (SSSR count). The Morgan fingerprint density at radius 3 is 2.45 bits per heavy atom. The summed E-state index contributed by atoms with van der Waals surface area (Å²) in [5.74, 6) is -1.74. The van der Waals surface area contributed by atoms with Crippen molar-refractivity contribution in [2.75, 3.05) is 27.2 Å². The molecule has 10 atom stereocenters. The summed E-state index contributed by atoms with van der Waals surface area (Å²) >= 11 is 0. The van der Waals surface area contributed by atoms with Crippen molar-refractivity contribution in [3.63, 3.8) is 0 Å². The van der Waals surface area contributed by atoms with Gasteiger partial charge >= 0.3 is 12.1 Å². The first-order valence-electron chi connectivity index (χ1n) is 14.2. The lowest BCUT2D eigenvalue weighted by atomic mass is 9.44. The van der Waals surface area contributed by atoms with Crippen molar-refractivity contribution in [1.82, 2.24) is 10.2 Å². The van der Waals surface area contributed by atoms with Crippen LogP contribution in [0.25, 0.3) is 0 Å². The number of hydrogen-bond donors (Lipinski definition) is 2. The van der Waals surface area contributed by atoms with E-state index in [1.807, 2.05) is 27.8 Å². The first kappa shape index (κ1) is 29.0. The van der Waals surface area contributed by atoms with E-state index in [-0.39, 0.29) is 41.8 Å². The number of alkyl carbamates (subject to hydrolysis) is 1. The van der Waals surface area contributed by atoms with Gasteiger partial charge in [-0.1, -0.05) is 27.7 Å². The lowest BCUT2D eigenvalue weighted by Gasteiger charge is -2.61. The predicted octanol–water partition coefficient (Wildman–Crippen LogP) is 3.18. The minimum absolute atomic E-state index is 0.00391. The monoisotopic (exact) mass is 534 g/mol. The van der Waals surface area contributed by atoms with Crippen LogP contribution in [0.2, 0.25) is 0 Å². The average molecular weight is 535 g/mol. The summed E-state index contributed by atoms with van der Waals surface area (Å²) in [7, 11) is 3.24. The van der Waals surface area contributed by atoms with E-state index in [1.54, 1.807) is 6.92 Å². The SMILES string of the molecule is COC(=O)[C@]1(C)C[C@@H](OC(=O)NC(=O)[C@H]2CN(C)CC[C@@H]2C)[C@@]2(C)C3C(=O)CCC3(CC[C@H]2C)[C@@H](C)[C@@H]1O. The fourth-order valence-electron chi connectivity index (χ4n) is 8.63. The number of amides is 2. The largest absolute Gasteiger partial charge is 0.469 e. The molecule has 2 N–H and O–H groups in total. The molecule has 0 aromatic heterocycles. The summed E-state index contributed by atoms with van der Waals surface area (Å²) in [4.78, 5) is 55.2. The number of imide groups is 1. The molecule has 4 fully saturated rings. The number of Topliss-reactive ketones (excluding diaryl/α,β-unsaturated/α-hetero) is 1. The number of ether oxygens (including phenoxy) is 2. The van der Waals surface area contributed by atoms with E-state index in [0.717, 1.165) is 25.8 Å². The van der Waals surface area contributed by atoms with Crippen LogP contribution >= 0.6 is 0 Å². The van der Waals surface area contributed by atoms with Crippen molar-refractivity contribution in [2.45, 2.75) is 85.4 Å². The Balaban J connectivity index is 1.70. The van der Waals surface area contributed by atoms with Crippen LogP contribution in [0.4, 0.5) is 4.79 Å². The number of likely N-dealkylation sites (tertiary alicyclic amines) is 1. The Kier molecular flexibility index (Phi) is 7.78. The first-order valence-corrected chi connectivity index (χ1v) is 14.2. The van der Waals surface area contributed by atoms with Gasteiger partial charge in [0.25, 0.3) is 0 Å². The van der Waals surface area contributed by atoms with Crippen molar-refractivity contribution in [2.24, 2.45) is 45.8 Å². The summed E-state index contributed by atoms with van der Waals surface area (Å²) in [6.45, 7) is 11.2. The number of esters is 1. The molecule has 38 heavy (non-hydrogen) atoms. The maximum absolute atomic E-state index is 13.5. The van der Waals surface area contributed by atoms with Crippen LogP contribution in [-0.2, 0) is 23.9 Å². The highest BCUT2D eigenvalue weighted by atomic mass is 16.6. The molecule has 214 valence electrons. The van der Waals surface area contributed by atoms with Crippen LogP contribution in [0.1, 0.15) is 73.1 Å². The number of carbonyl (C=O) groups is 4. The Bertz CT molecular complexity index is 986. The van der Waals surface area contributed by atoms with Crippen molar-refractivity contribution in [3.8, 4) is 0 Å². The number of aliphatic hydroxyl groups is 1. The van der Waals surface area contributed by atoms with Gasteiger partial charge in [0.05, 0.1) is 24.5 Å². The average Bonchev–Trinajstić information content (AvgIpc) is 3.23. The zero-order valence-corrected chi connectivity index (χ0v) is 24.0. The number of hydrogen-bond acceptors (Lipinski definition) is 8. The predicted molar refractivity (Wildman–Crippen MR) is 140 cm³/mol.